The van der Waals surface area contributed by atoms with Crippen molar-refractivity contribution in [1.82, 2.24) is 0 Å². The quantitative estimate of drug-likeness (QED) is 0.774. The van der Waals surface area contributed by atoms with Gasteiger partial charge in [0, 0.05) is 6.04 Å². The van der Waals surface area contributed by atoms with Gasteiger partial charge in [-0.3, -0.25) is 0 Å². The molecular formula is C13H19N. The first-order valence-corrected chi connectivity index (χ1v) is 5.23. The van der Waals surface area contributed by atoms with Gasteiger partial charge in [-0.25, -0.2) is 0 Å². The lowest BCUT2D eigenvalue weighted by atomic mass is 9.99. The van der Waals surface area contributed by atoms with Crippen molar-refractivity contribution in [3.63, 3.8) is 0 Å². The minimum Gasteiger partial charge on any atom is -0.324 e. The number of hydrogen-bond acceptors (Lipinski definition) is 1. The zero-order valence-electron chi connectivity index (χ0n) is 8.98. The Hall–Kier alpha value is -1.08. The van der Waals surface area contributed by atoms with Gasteiger partial charge in [0.15, 0.2) is 0 Å². The Morgan fingerprint density at radius 1 is 1.29 bits per heavy atom. The monoisotopic (exact) mass is 189 g/mol. The molecule has 1 nitrogen and oxygen atoms in total. The van der Waals surface area contributed by atoms with E-state index in [1.54, 1.807) is 0 Å². The Morgan fingerprint density at radius 3 is 2.50 bits per heavy atom. The van der Waals surface area contributed by atoms with Crippen LogP contribution in [0, 0.1) is 5.92 Å². The molecule has 0 aromatic heterocycles. The Morgan fingerprint density at radius 2 is 1.93 bits per heavy atom. The number of hydrogen-bond donors (Lipinski definition) is 1. The summed E-state index contributed by atoms with van der Waals surface area (Å²) in [5.41, 5.74) is 7.20. The molecule has 0 aliphatic carbocycles. The third-order valence-electron chi connectivity index (χ3n) is 2.61. The van der Waals surface area contributed by atoms with E-state index >= 15 is 0 Å². The lowest BCUT2D eigenvalue weighted by Crippen LogP contribution is -2.24. The number of nitrogens with two attached hydrogens (primary N) is 1. The zero-order valence-corrected chi connectivity index (χ0v) is 8.98. The van der Waals surface area contributed by atoms with E-state index in [-0.39, 0.29) is 6.04 Å². The summed E-state index contributed by atoms with van der Waals surface area (Å²) in [6.45, 7) is 4.35. The molecule has 2 N–H and O–H groups in total. The summed E-state index contributed by atoms with van der Waals surface area (Å²) < 4.78 is 0. The predicted molar refractivity (Wildman–Crippen MR) is 62.9 cm³/mol. The summed E-state index contributed by atoms with van der Waals surface area (Å²) in [4.78, 5) is 0. The van der Waals surface area contributed by atoms with Gasteiger partial charge < -0.3 is 5.73 Å². The summed E-state index contributed by atoms with van der Waals surface area (Å²) in [5, 5.41) is 0. The van der Waals surface area contributed by atoms with Crippen LogP contribution in [0.1, 0.15) is 25.8 Å². The van der Waals surface area contributed by atoms with E-state index in [2.05, 4.69) is 38.1 Å². The molecule has 0 aliphatic rings. The molecule has 1 rings (SSSR count). The molecule has 0 spiro atoms. The Labute approximate surface area is 86.6 Å². The standard InChI is InChI=1S/C13H19N/c1-3-11(2)13(14)10-9-12-7-5-4-6-8-12/h4-11,13H,3,14H2,1-2H3/b10-9+/t11-,13+/m0/s1. The van der Waals surface area contributed by atoms with Gasteiger partial charge in [0.1, 0.15) is 0 Å². The van der Waals surface area contributed by atoms with Crippen molar-refractivity contribution >= 4 is 6.08 Å². The van der Waals surface area contributed by atoms with Crippen LogP contribution in [0.25, 0.3) is 6.08 Å². The molecule has 2 atom stereocenters. The van der Waals surface area contributed by atoms with Crippen molar-refractivity contribution in [2.24, 2.45) is 11.7 Å². The van der Waals surface area contributed by atoms with Crippen LogP contribution < -0.4 is 5.73 Å². The molecule has 0 amide bonds. The summed E-state index contributed by atoms with van der Waals surface area (Å²) >= 11 is 0. The second-order valence-electron chi connectivity index (χ2n) is 3.73. The molecule has 1 aromatic carbocycles. The largest absolute Gasteiger partial charge is 0.324 e. The molecule has 1 aromatic rings. The van der Waals surface area contributed by atoms with Crippen LogP contribution in [0.5, 0.6) is 0 Å². The van der Waals surface area contributed by atoms with Gasteiger partial charge in [-0.1, -0.05) is 62.8 Å². The first-order valence-electron chi connectivity index (χ1n) is 5.23. The van der Waals surface area contributed by atoms with E-state index in [0.717, 1.165) is 6.42 Å². The van der Waals surface area contributed by atoms with Crippen molar-refractivity contribution in [1.29, 1.82) is 0 Å². The van der Waals surface area contributed by atoms with Gasteiger partial charge in [0.05, 0.1) is 0 Å². The lowest BCUT2D eigenvalue weighted by molar-refractivity contribution is 0.504. The summed E-state index contributed by atoms with van der Waals surface area (Å²) in [6.07, 6.45) is 5.31. The van der Waals surface area contributed by atoms with Crippen molar-refractivity contribution in [3.8, 4) is 0 Å². The normalized spacial score (nSPS) is 15.6. The SMILES string of the molecule is CC[C@H](C)[C@H](N)/C=C/c1ccccc1. The predicted octanol–water partition coefficient (Wildman–Crippen LogP) is 3.07. The van der Waals surface area contributed by atoms with Crippen LogP contribution in [0.3, 0.4) is 0 Å². The van der Waals surface area contributed by atoms with E-state index in [1.807, 2.05) is 18.2 Å². The highest BCUT2D eigenvalue weighted by molar-refractivity contribution is 5.49. The molecule has 0 aliphatic heterocycles. The fraction of sp³-hybridized carbons (Fsp3) is 0.385. The first kappa shape index (κ1) is 11.0. The molecule has 0 bridgehead atoms. The van der Waals surface area contributed by atoms with Crippen LogP contribution in [-0.2, 0) is 0 Å². The van der Waals surface area contributed by atoms with Gasteiger partial charge >= 0.3 is 0 Å². The Bertz CT molecular complexity index is 277. The minimum atomic E-state index is 0.167. The second kappa shape index (κ2) is 5.61. The van der Waals surface area contributed by atoms with E-state index in [4.69, 9.17) is 5.73 Å². The smallest absolute Gasteiger partial charge is 0.0252 e. The van der Waals surface area contributed by atoms with Crippen molar-refractivity contribution in [3.05, 3.63) is 42.0 Å². The van der Waals surface area contributed by atoms with Crippen LogP contribution in [0.2, 0.25) is 0 Å². The number of rotatable bonds is 4. The third kappa shape index (κ3) is 3.35. The van der Waals surface area contributed by atoms with E-state index in [0.29, 0.717) is 5.92 Å². The van der Waals surface area contributed by atoms with Gasteiger partial charge in [0.2, 0.25) is 0 Å². The van der Waals surface area contributed by atoms with Crippen LogP contribution in [0.4, 0.5) is 0 Å². The van der Waals surface area contributed by atoms with Crippen LogP contribution >= 0.6 is 0 Å². The van der Waals surface area contributed by atoms with Crippen molar-refractivity contribution < 1.29 is 0 Å². The summed E-state index contributed by atoms with van der Waals surface area (Å²) in [5.74, 6) is 0.551. The highest BCUT2D eigenvalue weighted by atomic mass is 14.6. The lowest BCUT2D eigenvalue weighted by Gasteiger charge is -2.13. The molecule has 76 valence electrons. The molecule has 0 saturated heterocycles. The van der Waals surface area contributed by atoms with Gasteiger partial charge in [0.25, 0.3) is 0 Å². The van der Waals surface area contributed by atoms with Gasteiger partial charge in [-0.05, 0) is 11.5 Å². The second-order valence-corrected chi connectivity index (χ2v) is 3.73. The van der Waals surface area contributed by atoms with E-state index in [9.17, 15) is 0 Å². The van der Waals surface area contributed by atoms with Crippen molar-refractivity contribution in [2.45, 2.75) is 26.3 Å². The molecular weight excluding hydrogens is 170 g/mol. The molecule has 0 heterocycles. The Balaban J connectivity index is 2.56. The van der Waals surface area contributed by atoms with Gasteiger partial charge in [-0.2, -0.15) is 0 Å². The highest BCUT2D eigenvalue weighted by Gasteiger charge is 2.05. The van der Waals surface area contributed by atoms with Gasteiger partial charge in [-0.15, -0.1) is 0 Å². The maximum absolute atomic E-state index is 5.99. The van der Waals surface area contributed by atoms with E-state index in [1.165, 1.54) is 5.56 Å². The number of benzene rings is 1. The molecule has 0 radical (unpaired) electrons. The molecule has 0 saturated carbocycles. The average molecular weight is 189 g/mol. The zero-order chi connectivity index (χ0) is 10.4. The van der Waals surface area contributed by atoms with Crippen molar-refractivity contribution in [2.75, 3.05) is 0 Å². The topological polar surface area (TPSA) is 26.0 Å². The Kier molecular flexibility index (Phi) is 4.41. The fourth-order valence-electron chi connectivity index (χ4n) is 1.25. The maximum atomic E-state index is 5.99. The average Bonchev–Trinajstić information content (AvgIpc) is 2.26. The third-order valence-corrected chi connectivity index (χ3v) is 2.61. The molecule has 0 unspecified atom stereocenters. The molecule has 1 heteroatoms. The highest BCUT2D eigenvalue weighted by Crippen LogP contribution is 2.08. The van der Waals surface area contributed by atoms with E-state index < -0.39 is 0 Å². The molecule has 0 fully saturated rings. The molecule has 14 heavy (non-hydrogen) atoms. The first-order chi connectivity index (χ1) is 6.74. The van der Waals surface area contributed by atoms with Crippen LogP contribution in [0.15, 0.2) is 36.4 Å². The summed E-state index contributed by atoms with van der Waals surface area (Å²) in [7, 11) is 0. The fourth-order valence-corrected chi connectivity index (χ4v) is 1.25. The van der Waals surface area contributed by atoms with Crippen LogP contribution in [-0.4, -0.2) is 6.04 Å². The summed E-state index contributed by atoms with van der Waals surface area (Å²) in [6, 6.07) is 10.4. The maximum Gasteiger partial charge on any atom is 0.0252 e. The minimum absolute atomic E-state index is 0.167.